The smallest absolute Gasteiger partial charge is 0.115 e. The average molecular weight is 190 g/mol. The Morgan fingerprint density at radius 1 is 1.43 bits per heavy atom. The number of phenolic OH excluding ortho intramolecular Hbond substituents is 1. The number of aromatic hydroxyl groups is 1. The van der Waals surface area contributed by atoms with Crippen LogP contribution in [0.4, 0.5) is 0 Å². The van der Waals surface area contributed by atoms with Crippen LogP contribution in [0.2, 0.25) is 0 Å². The van der Waals surface area contributed by atoms with Gasteiger partial charge in [-0.1, -0.05) is 6.07 Å². The third-order valence-corrected chi connectivity index (χ3v) is 3.21. The van der Waals surface area contributed by atoms with E-state index in [-0.39, 0.29) is 0 Å². The molecule has 3 rings (SSSR count). The lowest BCUT2D eigenvalue weighted by molar-refractivity contribution is 0.178. The Bertz CT molecular complexity index is 364. The van der Waals surface area contributed by atoms with E-state index in [1.165, 1.54) is 11.1 Å². The molecule has 0 saturated carbocycles. The van der Waals surface area contributed by atoms with E-state index in [0.29, 0.717) is 11.8 Å². The largest absolute Gasteiger partial charge is 0.508 e. The van der Waals surface area contributed by atoms with Crippen molar-refractivity contribution in [2.45, 2.75) is 12.6 Å². The SMILES string of the molecule is Oc1ccc2c(c1)CN1CCNCC21. The fourth-order valence-electron chi connectivity index (χ4n) is 2.52. The van der Waals surface area contributed by atoms with Crippen molar-refractivity contribution < 1.29 is 5.11 Å². The molecule has 0 amide bonds. The highest BCUT2D eigenvalue weighted by molar-refractivity contribution is 5.40. The van der Waals surface area contributed by atoms with E-state index in [9.17, 15) is 5.11 Å². The predicted molar refractivity (Wildman–Crippen MR) is 54.1 cm³/mol. The average Bonchev–Trinajstić information content (AvgIpc) is 2.54. The maximum absolute atomic E-state index is 9.40. The molecule has 14 heavy (non-hydrogen) atoms. The molecular weight excluding hydrogens is 176 g/mol. The van der Waals surface area contributed by atoms with Crippen LogP contribution < -0.4 is 5.32 Å². The summed E-state index contributed by atoms with van der Waals surface area (Å²) in [5, 5.41) is 12.8. The van der Waals surface area contributed by atoms with Crippen molar-refractivity contribution in [2.24, 2.45) is 0 Å². The van der Waals surface area contributed by atoms with E-state index in [4.69, 9.17) is 0 Å². The van der Waals surface area contributed by atoms with Gasteiger partial charge in [0, 0.05) is 32.2 Å². The maximum atomic E-state index is 9.40. The van der Waals surface area contributed by atoms with Gasteiger partial charge in [-0.15, -0.1) is 0 Å². The summed E-state index contributed by atoms with van der Waals surface area (Å²) in [5.74, 6) is 0.386. The van der Waals surface area contributed by atoms with Crippen molar-refractivity contribution in [1.82, 2.24) is 10.2 Å². The number of fused-ring (bicyclic) bond motifs is 3. The molecule has 3 heteroatoms. The van der Waals surface area contributed by atoms with E-state index in [1.807, 2.05) is 6.07 Å². The topological polar surface area (TPSA) is 35.5 Å². The van der Waals surface area contributed by atoms with E-state index in [0.717, 1.165) is 26.2 Å². The van der Waals surface area contributed by atoms with Gasteiger partial charge in [0.15, 0.2) is 0 Å². The van der Waals surface area contributed by atoms with Crippen LogP contribution in [-0.2, 0) is 6.54 Å². The van der Waals surface area contributed by atoms with Crippen molar-refractivity contribution in [3.05, 3.63) is 29.3 Å². The zero-order valence-corrected chi connectivity index (χ0v) is 8.03. The highest BCUT2D eigenvalue weighted by atomic mass is 16.3. The third-order valence-electron chi connectivity index (χ3n) is 3.21. The first-order valence-electron chi connectivity index (χ1n) is 5.11. The fraction of sp³-hybridized carbons (Fsp3) is 0.455. The molecule has 74 valence electrons. The standard InChI is InChI=1S/C11H14N2O/c14-9-1-2-10-8(5-9)7-13-4-3-12-6-11(10)13/h1-2,5,11-12,14H,3-4,6-7H2. The number of piperazine rings is 1. The molecule has 1 aromatic carbocycles. The Morgan fingerprint density at radius 3 is 3.29 bits per heavy atom. The van der Waals surface area contributed by atoms with Gasteiger partial charge < -0.3 is 10.4 Å². The minimum absolute atomic E-state index is 0.386. The second-order valence-corrected chi connectivity index (χ2v) is 4.07. The molecule has 1 unspecified atom stereocenters. The van der Waals surface area contributed by atoms with Crippen molar-refractivity contribution >= 4 is 0 Å². The van der Waals surface area contributed by atoms with Gasteiger partial charge >= 0.3 is 0 Å². The molecule has 1 atom stereocenters. The molecule has 0 spiro atoms. The number of benzene rings is 1. The zero-order chi connectivity index (χ0) is 9.54. The summed E-state index contributed by atoms with van der Waals surface area (Å²) < 4.78 is 0. The molecule has 1 aromatic rings. The van der Waals surface area contributed by atoms with Gasteiger partial charge in [0.1, 0.15) is 5.75 Å². The first-order valence-corrected chi connectivity index (χ1v) is 5.11. The second kappa shape index (κ2) is 2.97. The van der Waals surface area contributed by atoms with Crippen LogP contribution in [0.1, 0.15) is 17.2 Å². The van der Waals surface area contributed by atoms with Crippen LogP contribution in [0.3, 0.4) is 0 Å². The van der Waals surface area contributed by atoms with Crippen LogP contribution in [0.5, 0.6) is 5.75 Å². The Kier molecular flexibility index (Phi) is 1.75. The number of hydrogen-bond donors (Lipinski definition) is 2. The summed E-state index contributed by atoms with van der Waals surface area (Å²) in [4.78, 5) is 2.47. The minimum Gasteiger partial charge on any atom is -0.508 e. The van der Waals surface area contributed by atoms with E-state index >= 15 is 0 Å². The van der Waals surface area contributed by atoms with Crippen LogP contribution in [0.15, 0.2) is 18.2 Å². The summed E-state index contributed by atoms with van der Waals surface area (Å²) in [5.41, 5.74) is 2.67. The summed E-state index contributed by atoms with van der Waals surface area (Å²) in [6, 6.07) is 6.27. The molecule has 2 heterocycles. The van der Waals surface area contributed by atoms with Gasteiger partial charge in [-0.3, -0.25) is 4.90 Å². The van der Waals surface area contributed by atoms with Crippen molar-refractivity contribution in [2.75, 3.05) is 19.6 Å². The van der Waals surface area contributed by atoms with Gasteiger partial charge in [-0.05, 0) is 23.3 Å². The Balaban J connectivity index is 2.01. The Labute approximate surface area is 83.3 Å². The summed E-state index contributed by atoms with van der Waals surface area (Å²) >= 11 is 0. The molecule has 0 aliphatic carbocycles. The van der Waals surface area contributed by atoms with Crippen LogP contribution >= 0.6 is 0 Å². The number of hydrogen-bond acceptors (Lipinski definition) is 3. The van der Waals surface area contributed by atoms with Gasteiger partial charge in [0.25, 0.3) is 0 Å². The highest BCUT2D eigenvalue weighted by Gasteiger charge is 2.31. The first kappa shape index (κ1) is 8.26. The van der Waals surface area contributed by atoms with E-state index < -0.39 is 0 Å². The molecule has 1 fully saturated rings. The Hall–Kier alpha value is -1.06. The number of rotatable bonds is 0. The van der Waals surface area contributed by atoms with E-state index in [1.54, 1.807) is 6.07 Å². The minimum atomic E-state index is 0.386. The lowest BCUT2D eigenvalue weighted by atomic mass is 10.0. The van der Waals surface area contributed by atoms with Gasteiger partial charge in [-0.2, -0.15) is 0 Å². The van der Waals surface area contributed by atoms with Crippen LogP contribution in [-0.4, -0.2) is 29.6 Å². The van der Waals surface area contributed by atoms with Gasteiger partial charge in [-0.25, -0.2) is 0 Å². The van der Waals surface area contributed by atoms with E-state index in [2.05, 4.69) is 16.3 Å². The number of nitrogens with one attached hydrogen (secondary N) is 1. The summed E-state index contributed by atoms with van der Waals surface area (Å²) in [6.07, 6.45) is 0. The molecule has 3 nitrogen and oxygen atoms in total. The van der Waals surface area contributed by atoms with Crippen molar-refractivity contribution in [3.8, 4) is 5.75 Å². The quantitative estimate of drug-likeness (QED) is 0.636. The molecule has 2 N–H and O–H groups in total. The Morgan fingerprint density at radius 2 is 2.36 bits per heavy atom. The molecule has 0 aromatic heterocycles. The lowest BCUT2D eigenvalue weighted by Gasteiger charge is -2.30. The van der Waals surface area contributed by atoms with Crippen molar-refractivity contribution in [3.63, 3.8) is 0 Å². The zero-order valence-electron chi connectivity index (χ0n) is 8.03. The highest BCUT2D eigenvalue weighted by Crippen LogP contribution is 2.35. The molecule has 2 aliphatic rings. The molecular formula is C11H14N2O. The summed E-state index contributed by atoms with van der Waals surface area (Å²) in [6.45, 7) is 4.23. The number of phenols is 1. The normalized spacial score (nSPS) is 25.9. The second-order valence-electron chi connectivity index (χ2n) is 4.07. The molecule has 0 radical (unpaired) electrons. The molecule has 1 saturated heterocycles. The van der Waals surface area contributed by atoms with Gasteiger partial charge in [0.05, 0.1) is 0 Å². The molecule has 2 aliphatic heterocycles. The van der Waals surface area contributed by atoms with Gasteiger partial charge in [0.2, 0.25) is 0 Å². The van der Waals surface area contributed by atoms with Crippen molar-refractivity contribution in [1.29, 1.82) is 0 Å². The number of nitrogens with zero attached hydrogens (tertiary/aromatic N) is 1. The first-order chi connectivity index (χ1) is 6.84. The predicted octanol–water partition coefficient (Wildman–Crippen LogP) is 0.852. The third kappa shape index (κ3) is 1.13. The maximum Gasteiger partial charge on any atom is 0.115 e. The fourth-order valence-corrected chi connectivity index (χ4v) is 2.52. The lowest BCUT2D eigenvalue weighted by Crippen LogP contribution is -2.42. The molecule has 0 bridgehead atoms. The monoisotopic (exact) mass is 190 g/mol. The van der Waals surface area contributed by atoms with Crippen LogP contribution in [0, 0.1) is 0 Å². The van der Waals surface area contributed by atoms with Crippen LogP contribution in [0.25, 0.3) is 0 Å². The summed E-state index contributed by atoms with van der Waals surface area (Å²) in [7, 11) is 0.